The molecule has 5 heteroatoms. The molecule has 0 atom stereocenters. The van der Waals surface area contributed by atoms with Gasteiger partial charge in [-0.15, -0.1) is 0 Å². The molecule has 0 saturated heterocycles. The lowest BCUT2D eigenvalue weighted by Gasteiger charge is -2.09. The summed E-state index contributed by atoms with van der Waals surface area (Å²) in [6, 6.07) is 17.0. The van der Waals surface area contributed by atoms with Gasteiger partial charge < -0.3 is 14.5 Å². The minimum atomic E-state index is -0.431. The number of ether oxygens (including phenoxy) is 1. The Labute approximate surface area is 139 Å². The topological polar surface area (TPSA) is 68.5 Å². The van der Waals surface area contributed by atoms with Crippen LogP contribution >= 0.6 is 0 Å². The van der Waals surface area contributed by atoms with Crippen molar-refractivity contribution in [3.63, 3.8) is 0 Å². The van der Waals surface area contributed by atoms with E-state index >= 15 is 0 Å². The first-order valence-electron chi connectivity index (χ1n) is 7.68. The van der Waals surface area contributed by atoms with Gasteiger partial charge in [-0.05, 0) is 23.6 Å². The first kappa shape index (κ1) is 15.8. The third kappa shape index (κ3) is 4.01. The molecule has 3 aromatic rings. The quantitative estimate of drug-likeness (QED) is 0.704. The van der Waals surface area contributed by atoms with Gasteiger partial charge in [0.05, 0.1) is 12.7 Å². The summed E-state index contributed by atoms with van der Waals surface area (Å²) < 4.78 is 10.1. The van der Waals surface area contributed by atoms with Crippen LogP contribution in [-0.4, -0.2) is 18.5 Å². The van der Waals surface area contributed by atoms with Crippen molar-refractivity contribution in [2.45, 2.75) is 12.8 Å². The van der Waals surface area contributed by atoms with Gasteiger partial charge in [-0.1, -0.05) is 36.4 Å². The standard InChI is InChI=1S/C19H17NO4/c21-18(13-24-19(22)11-10-15-7-4-12-23-15)20-17-9-3-6-14-5-1-2-8-16(14)17/h1-9,12H,10-11,13H2,(H,20,21). The van der Waals surface area contributed by atoms with Crippen LogP contribution in [0.25, 0.3) is 10.8 Å². The average molecular weight is 323 g/mol. The van der Waals surface area contributed by atoms with Crippen LogP contribution in [0.3, 0.4) is 0 Å². The molecule has 0 aliphatic carbocycles. The third-order valence-corrected chi connectivity index (χ3v) is 3.58. The number of esters is 1. The molecule has 0 unspecified atom stereocenters. The summed E-state index contributed by atoms with van der Waals surface area (Å²) in [5.74, 6) is -0.0793. The highest BCUT2D eigenvalue weighted by Gasteiger charge is 2.10. The molecule has 0 aliphatic heterocycles. The highest BCUT2D eigenvalue weighted by Crippen LogP contribution is 2.22. The Morgan fingerprint density at radius 2 is 1.83 bits per heavy atom. The molecule has 0 radical (unpaired) electrons. The monoisotopic (exact) mass is 323 g/mol. The summed E-state index contributed by atoms with van der Waals surface area (Å²) in [6.45, 7) is -0.305. The van der Waals surface area contributed by atoms with Crippen LogP contribution in [0.2, 0.25) is 0 Å². The number of anilines is 1. The number of benzene rings is 2. The first-order chi connectivity index (χ1) is 11.7. The normalized spacial score (nSPS) is 10.5. The molecular weight excluding hydrogens is 306 g/mol. The molecule has 1 aromatic heterocycles. The SMILES string of the molecule is O=C(COC(=O)CCc1ccco1)Nc1cccc2ccccc12. The van der Waals surface area contributed by atoms with Crippen molar-refractivity contribution in [1.29, 1.82) is 0 Å². The number of nitrogens with one attached hydrogen (secondary N) is 1. The Kier molecular flexibility index (Phi) is 4.91. The molecule has 0 bridgehead atoms. The predicted octanol–water partition coefficient (Wildman–Crippen LogP) is 3.55. The van der Waals surface area contributed by atoms with Gasteiger partial charge in [0.2, 0.25) is 0 Å². The predicted molar refractivity (Wildman–Crippen MR) is 90.6 cm³/mol. The van der Waals surface area contributed by atoms with E-state index in [1.54, 1.807) is 18.4 Å². The number of amides is 1. The maximum Gasteiger partial charge on any atom is 0.306 e. The third-order valence-electron chi connectivity index (χ3n) is 3.58. The Hall–Kier alpha value is -3.08. The second-order valence-corrected chi connectivity index (χ2v) is 5.31. The Bertz CT molecular complexity index is 834. The van der Waals surface area contributed by atoms with Crippen LogP contribution < -0.4 is 5.32 Å². The van der Waals surface area contributed by atoms with Gasteiger partial charge >= 0.3 is 5.97 Å². The van der Waals surface area contributed by atoms with Crippen molar-refractivity contribution in [3.8, 4) is 0 Å². The van der Waals surface area contributed by atoms with E-state index in [0.29, 0.717) is 17.9 Å². The lowest BCUT2D eigenvalue weighted by Crippen LogP contribution is -2.21. The van der Waals surface area contributed by atoms with E-state index in [-0.39, 0.29) is 18.9 Å². The number of aryl methyl sites for hydroxylation is 1. The van der Waals surface area contributed by atoms with Crippen molar-refractivity contribution in [1.82, 2.24) is 0 Å². The van der Waals surface area contributed by atoms with Gasteiger partial charge in [0.15, 0.2) is 6.61 Å². The summed E-state index contributed by atoms with van der Waals surface area (Å²) in [4.78, 5) is 23.7. The van der Waals surface area contributed by atoms with Crippen LogP contribution in [0, 0.1) is 0 Å². The number of hydrogen-bond donors (Lipinski definition) is 1. The van der Waals surface area contributed by atoms with E-state index in [1.165, 1.54) is 0 Å². The Balaban J connectivity index is 1.51. The fourth-order valence-electron chi connectivity index (χ4n) is 2.42. The number of carbonyl (C=O) groups excluding carboxylic acids is 2. The smallest absolute Gasteiger partial charge is 0.306 e. The number of fused-ring (bicyclic) bond motifs is 1. The zero-order valence-corrected chi connectivity index (χ0v) is 13.0. The van der Waals surface area contributed by atoms with Crippen LogP contribution in [-0.2, 0) is 20.7 Å². The maximum absolute atomic E-state index is 12.0. The summed E-state index contributed by atoms with van der Waals surface area (Å²) in [7, 11) is 0. The van der Waals surface area contributed by atoms with Gasteiger partial charge in [-0.3, -0.25) is 9.59 Å². The summed E-state index contributed by atoms with van der Waals surface area (Å²) in [5.41, 5.74) is 0.699. The number of rotatable bonds is 6. The maximum atomic E-state index is 12.0. The van der Waals surface area contributed by atoms with Crippen LogP contribution in [0.5, 0.6) is 0 Å². The molecule has 0 fully saturated rings. The first-order valence-corrected chi connectivity index (χ1v) is 7.68. The second-order valence-electron chi connectivity index (χ2n) is 5.31. The molecule has 2 aromatic carbocycles. The lowest BCUT2D eigenvalue weighted by atomic mass is 10.1. The molecule has 3 rings (SSSR count). The van der Waals surface area contributed by atoms with Gasteiger partial charge in [0.1, 0.15) is 5.76 Å². The van der Waals surface area contributed by atoms with E-state index in [2.05, 4.69) is 5.32 Å². The number of hydrogen-bond acceptors (Lipinski definition) is 4. The van der Waals surface area contributed by atoms with Gasteiger partial charge in [0, 0.05) is 17.5 Å². The second kappa shape index (κ2) is 7.46. The summed E-state index contributed by atoms with van der Waals surface area (Å²) in [5, 5.41) is 4.75. The largest absolute Gasteiger partial charge is 0.469 e. The average Bonchev–Trinajstić information content (AvgIpc) is 3.12. The van der Waals surface area contributed by atoms with Crippen LogP contribution in [0.1, 0.15) is 12.2 Å². The van der Waals surface area contributed by atoms with Crippen LogP contribution in [0.4, 0.5) is 5.69 Å². The minimum Gasteiger partial charge on any atom is -0.469 e. The van der Waals surface area contributed by atoms with Crippen LogP contribution in [0.15, 0.2) is 65.3 Å². The van der Waals surface area contributed by atoms with E-state index in [0.717, 1.165) is 10.8 Å². The molecule has 0 saturated carbocycles. The van der Waals surface area contributed by atoms with Crippen molar-refractivity contribution in [2.75, 3.05) is 11.9 Å². The summed E-state index contributed by atoms with van der Waals surface area (Å²) >= 11 is 0. The molecule has 1 heterocycles. The molecule has 0 aliphatic rings. The fraction of sp³-hybridized carbons (Fsp3) is 0.158. The molecule has 1 amide bonds. The lowest BCUT2D eigenvalue weighted by molar-refractivity contribution is -0.147. The van der Waals surface area contributed by atoms with Crippen molar-refractivity contribution < 1.29 is 18.7 Å². The Morgan fingerprint density at radius 3 is 2.67 bits per heavy atom. The zero-order chi connectivity index (χ0) is 16.8. The zero-order valence-electron chi connectivity index (χ0n) is 13.0. The molecule has 122 valence electrons. The molecule has 0 spiro atoms. The highest BCUT2D eigenvalue weighted by atomic mass is 16.5. The molecule has 5 nitrogen and oxygen atoms in total. The van der Waals surface area contributed by atoms with Crippen molar-refractivity contribution in [3.05, 3.63) is 66.6 Å². The van der Waals surface area contributed by atoms with E-state index in [1.807, 2.05) is 42.5 Å². The van der Waals surface area contributed by atoms with Gasteiger partial charge in [-0.25, -0.2) is 0 Å². The van der Waals surface area contributed by atoms with E-state index < -0.39 is 5.97 Å². The van der Waals surface area contributed by atoms with Crippen molar-refractivity contribution in [2.24, 2.45) is 0 Å². The number of carbonyl (C=O) groups is 2. The highest BCUT2D eigenvalue weighted by molar-refractivity contribution is 6.02. The van der Waals surface area contributed by atoms with Crippen molar-refractivity contribution >= 4 is 28.3 Å². The van der Waals surface area contributed by atoms with Gasteiger partial charge in [-0.2, -0.15) is 0 Å². The minimum absolute atomic E-state index is 0.176. The molecule has 24 heavy (non-hydrogen) atoms. The van der Waals surface area contributed by atoms with E-state index in [9.17, 15) is 9.59 Å². The van der Waals surface area contributed by atoms with E-state index in [4.69, 9.17) is 9.15 Å². The Morgan fingerprint density at radius 1 is 1.00 bits per heavy atom. The van der Waals surface area contributed by atoms with Gasteiger partial charge in [0.25, 0.3) is 5.91 Å². The summed E-state index contributed by atoms with van der Waals surface area (Å²) in [6.07, 6.45) is 2.18. The molecular formula is C19H17NO4. The number of furan rings is 1. The fourth-order valence-corrected chi connectivity index (χ4v) is 2.42. The molecule has 1 N–H and O–H groups in total.